The molecule has 1 heterocycles. The van der Waals surface area contributed by atoms with Gasteiger partial charge in [-0.2, -0.15) is 0 Å². The van der Waals surface area contributed by atoms with E-state index in [9.17, 15) is 9.18 Å². The van der Waals surface area contributed by atoms with E-state index < -0.39 is 5.82 Å². The van der Waals surface area contributed by atoms with Crippen LogP contribution in [-0.4, -0.2) is 10.9 Å². The number of rotatable bonds is 2. The van der Waals surface area contributed by atoms with Gasteiger partial charge in [0, 0.05) is 11.9 Å². The van der Waals surface area contributed by atoms with Gasteiger partial charge in [-0.05, 0) is 46.3 Å². The molecular formula is C12H9BrFN3O. The van der Waals surface area contributed by atoms with E-state index in [1.807, 2.05) is 0 Å². The summed E-state index contributed by atoms with van der Waals surface area (Å²) in [6.45, 7) is 0. The van der Waals surface area contributed by atoms with E-state index >= 15 is 0 Å². The number of halogens is 2. The summed E-state index contributed by atoms with van der Waals surface area (Å²) in [5.41, 5.74) is 6.15. The molecule has 4 nitrogen and oxygen atoms in total. The van der Waals surface area contributed by atoms with Gasteiger partial charge < -0.3 is 11.1 Å². The first kappa shape index (κ1) is 12.5. The van der Waals surface area contributed by atoms with Crippen LogP contribution in [0.1, 0.15) is 10.4 Å². The van der Waals surface area contributed by atoms with Crippen LogP contribution in [0.15, 0.2) is 41.0 Å². The Morgan fingerprint density at radius 1 is 1.33 bits per heavy atom. The number of pyridine rings is 1. The van der Waals surface area contributed by atoms with E-state index in [-0.39, 0.29) is 5.91 Å². The second-order valence-corrected chi connectivity index (χ2v) is 4.41. The summed E-state index contributed by atoms with van der Waals surface area (Å²) in [5.74, 6) is -0.478. The Hall–Kier alpha value is -1.95. The molecule has 0 unspecified atom stereocenters. The van der Waals surface area contributed by atoms with Crippen molar-refractivity contribution in [2.45, 2.75) is 0 Å². The van der Waals surface area contributed by atoms with Crippen LogP contribution in [0.2, 0.25) is 0 Å². The van der Waals surface area contributed by atoms with E-state index in [0.717, 1.165) is 0 Å². The Balaban J connectivity index is 2.16. The number of anilines is 2. The fraction of sp³-hybridized carbons (Fsp3) is 0. The van der Waals surface area contributed by atoms with Crippen LogP contribution in [0.25, 0.3) is 0 Å². The van der Waals surface area contributed by atoms with E-state index in [1.54, 1.807) is 12.1 Å². The third-order valence-corrected chi connectivity index (χ3v) is 2.87. The molecule has 1 aromatic heterocycles. The highest BCUT2D eigenvalue weighted by molar-refractivity contribution is 9.10. The summed E-state index contributed by atoms with van der Waals surface area (Å²) < 4.78 is 13.6. The first-order valence-corrected chi connectivity index (χ1v) is 5.83. The van der Waals surface area contributed by atoms with Crippen LogP contribution in [0.4, 0.5) is 15.9 Å². The maximum atomic E-state index is 13.3. The van der Waals surface area contributed by atoms with Gasteiger partial charge in [0.15, 0.2) is 0 Å². The molecule has 92 valence electrons. The van der Waals surface area contributed by atoms with E-state index in [1.165, 1.54) is 24.4 Å². The molecule has 18 heavy (non-hydrogen) atoms. The van der Waals surface area contributed by atoms with Gasteiger partial charge in [0.25, 0.3) is 5.91 Å². The summed E-state index contributed by atoms with van der Waals surface area (Å²) in [7, 11) is 0. The molecule has 0 fully saturated rings. The fourth-order valence-corrected chi connectivity index (χ4v) is 1.56. The highest BCUT2D eigenvalue weighted by Crippen LogP contribution is 2.19. The number of aromatic nitrogens is 1. The van der Waals surface area contributed by atoms with Crippen LogP contribution in [0.3, 0.4) is 0 Å². The number of benzene rings is 1. The lowest BCUT2D eigenvalue weighted by Crippen LogP contribution is -2.12. The van der Waals surface area contributed by atoms with Gasteiger partial charge in [0.1, 0.15) is 11.6 Å². The summed E-state index contributed by atoms with van der Waals surface area (Å²) in [6.07, 6.45) is 1.36. The maximum absolute atomic E-state index is 13.3. The quantitative estimate of drug-likeness (QED) is 0.896. The lowest BCUT2D eigenvalue weighted by atomic mass is 10.2. The number of nitrogen functional groups attached to an aromatic ring is 1. The van der Waals surface area contributed by atoms with Gasteiger partial charge in [-0.1, -0.05) is 0 Å². The fourth-order valence-electron chi connectivity index (χ4n) is 1.32. The van der Waals surface area contributed by atoms with Crippen LogP contribution in [0.5, 0.6) is 0 Å². The number of nitrogens with zero attached hydrogens (tertiary/aromatic N) is 1. The molecule has 2 aromatic rings. The molecule has 0 saturated carbocycles. The Morgan fingerprint density at radius 3 is 2.72 bits per heavy atom. The van der Waals surface area contributed by atoms with Gasteiger partial charge in [-0.25, -0.2) is 9.37 Å². The molecule has 0 aliphatic carbocycles. The number of carbonyl (C=O) groups excluding carboxylic acids is 1. The van der Waals surface area contributed by atoms with Crippen LogP contribution in [0, 0.1) is 5.82 Å². The zero-order valence-electron chi connectivity index (χ0n) is 9.15. The van der Waals surface area contributed by atoms with Gasteiger partial charge in [-0.15, -0.1) is 0 Å². The zero-order chi connectivity index (χ0) is 13.1. The van der Waals surface area contributed by atoms with Gasteiger partial charge >= 0.3 is 0 Å². The second kappa shape index (κ2) is 5.14. The first-order chi connectivity index (χ1) is 8.56. The number of amides is 1. The van der Waals surface area contributed by atoms with Crippen LogP contribution < -0.4 is 11.1 Å². The molecule has 0 radical (unpaired) electrons. The average molecular weight is 310 g/mol. The summed E-state index contributed by atoms with van der Waals surface area (Å²) in [4.78, 5) is 15.6. The summed E-state index contributed by atoms with van der Waals surface area (Å²) >= 11 is 3.04. The predicted octanol–water partition coefficient (Wildman–Crippen LogP) is 2.82. The molecule has 0 spiro atoms. The van der Waals surface area contributed by atoms with Crippen molar-refractivity contribution in [3.8, 4) is 0 Å². The number of hydrogen-bond donors (Lipinski definition) is 2. The lowest BCUT2D eigenvalue weighted by molar-refractivity contribution is 0.102. The molecule has 3 N–H and O–H groups in total. The van der Waals surface area contributed by atoms with Crippen molar-refractivity contribution in [3.63, 3.8) is 0 Å². The van der Waals surface area contributed by atoms with Gasteiger partial charge in [-0.3, -0.25) is 4.79 Å². The molecule has 0 saturated heterocycles. The van der Waals surface area contributed by atoms with E-state index in [4.69, 9.17) is 5.73 Å². The topological polar surface area (TPSA) is 68.0 Å². The molecule has 0 aliphatic rings. The molecule has 0 bridgehead atoms. The van der Waals surface area contributed by atoms with Crippen molar-refractivity contribution < 1.29 is 9.18 Å². The predicted molar refractivity (Wildman–Crippen MR) is 70.7 cm³/mol. The zero-order valence-corrected chi connectivity index (χ0v) is 10.7. The maximum Gasteiger partial charge on any atom is 0.257 e. The van der Waals surface area contributed by atoms with E-state index in [2.05, 4.69) is 26.2 Å². The van der Waals surface area contributed by atoms with Crippen LogP contribution >= 0.6 is 15.9 Å². The number of nitrogens with one attached hydrogen (secondary N) is 1. The molecule has 0 aliphatic heterocycles. The van der Waals surface area contributed by atoms with Crippen LogP contribution in [-0.2, 0) is 0 Å². The Labute approximate surface area is 111 Å². The monoisotopic (exact) mass is 309 g/mol. The summed E-state index contributed by atoms with van der Waals surface area (Å²) in [6, 6.07) is 7.42. The van der Waals surface area contributed by atoms with Gasteiger partial charge in [0.2, 0.25) is 0 Å². The molecular weight excluding hydrogens is 301 g/mol. The van der Waals surface area contributed by atoms with Gasteiger partial charge in [0.05, 0.1) is 10.0 Å². The Morgan fingerprint density at radius 2 is 2.11 bits per heavy atom. The Kier molecular flexibility index (Phi) is 3.57. The minimum atomic E-state index is -0.441. The van der Waals surface area contributed by atoms with Crippen molar-refractivity contribution in [1.82, 2.24) is 4.98 Å². The molecule has 1 amide bonds. The summed E-state index contributed by atoms with van der Waals surface area (Å²) in [5, 5.41) is 2.57. The molecule has 1 aromatic carbocycles. The molecule has 2 rings (SSSR count). The van der Waals surface area contributed by atoms with E-state index in [0.29, 0.717) is 21.5 Å². The minimum absolute atomic E-state index is 0.334. The third kappa shape index (κ3) is 2.84. The van der Waals surface area contributed by atoms with Crippen molar-refractivity contribution >= 4 is 33.3 Å². The van der Waals surface area contributed by atoms with Crippen molar-refractivity contribution in [1.29, 1.82) is 0 Å². The number of carbonyl (C=O) groups is 1. The molecule has 6 heteroatoms. The van der Waals surface area contributed by atoms with Crippen molar-refractivity contribution in [2.75, 3.05) is 11.1 Å². The second-order valence-electron chi connectivity index (χ2n) is 3.55. The highest BCUT2D eigenvalue weighted by atomic mass is 79.9. The normalized spacial score (nSPS) is 10.1. The minimum Gasteiger partial charge on any atom is -0.384 e. The first-order valence-electron chi connectivity index (χ1n) is 5.04. The SMILES string of the molecule is Nc1ccc(C(=O)Nc2ccc(Br)c(F)c2)cn1. The average Bonchev–Trinajstić information content (AvgIpc) is 2.34. The standard InChI is InChI=1S/C12H9BrFN3O/c13-9-3-2-8(5-10(9)14)17-12(18)7-1-4-11(15)16-6-7/h1-6H,(H2,15,16)(H,17,18). The lowest BCUT2D eigenvalue weighted by Gasteiger charge is -2.05. The smallest absolute Gasteiger partial charge is 0.257 e. The van der Waals surface area contributed by atoms with Crippen molar-refractivity contribution in [3.05, 3.63) is 52.4 Å². The number of hydrogen-bond acceptors (Lipinski definition) is 3. The van der Waals surface area contributed by atoms with Crippen molar-refractivity contribution in [2.24, 2.45) is 0 Å². The largest absolute Gasteiger partial charge is 0.384 e. The highest BCUT2D eigenvalue weighted by Gasteiger charge is 2.07. The Bertz CT molecular complexity index is 586. The number of nitrogens with two attached hydrogens (primary N) is 1. The third-order valence-electron chi connectivity index (χ3n) is 2.23. The molecule has 0 atom stereocenters.